The summed E-state index contributed by atoms with van der Waals surface area (Å²) >= 11 is 0. The van der Waals surface area contributed by atoms with Crippen LogP contribution in [0.15, 0.2) is 76.6 Å². The fraction of sp³-hybridized carbons (Fsp3) is 0.346. The van der Waals surface area contributed by atoms with Gasteiger partial charge in [-0.05, 0) is 17.7 Å². The van der Waals surface area contributed by atoms with Crippen LogP contribution in [0.1, 0.15) is 17.5 Å². The zero-order valence-corrected chi connectivity index (χ0v) is 20.6. The van der Waals surface area contributed by atoms with Gasteiger partial charge in [-0.2, -0.15) is 0 Å². The minimum atomic E-state index is -1.69. The van der Waals surface area contributed by atoms with Gasteiger partial charge in [0.2, 0.25) is 5.91 Å². The molecule has 2 aromatic heterocycles. The Morgan fingerprint density at radius 3 is 2.53 bits per heavy atom. The third-order valence-corrected chi connectivity index (χ3v) is 6.32. The fourth-order valence-corrected chi connectivity index (χ4v) is 4.24. The molecule has 3 heterocycles. The number of aliphatic hydroxyl groups excluding tert-OH is 2. The van der Waals surface area contributed by atoms with Crippen molar-refractivity contribution < 1.29 is 24.5 Å². The molecule has 0 unspecified atom stereocenters. The molecule has 3 aromatic rings. The molecule has 1 aliphatic heterocycles. The van der Waals surface area contributed by atoms with E-state index >= 15 is 0 Å². The Labute approximate surface area is 217 Å². The van der Waals surface area contributed by atoms with Crippen LogP contribution in [0.25, 0.3) is 0 Å². The summed E-state index contributed by atoms with van der Waals surface area (Å²) in [5.41, 5.74) is 0.0927. The standard InChI is InChI=1S/C26H29N5O7/c1-30(13-10-17-9-5-6-12-27-17)24(36)18(15-16-7-3-2-4-8-16)28-23(35)22-20(33)21(34)25(38-22)31-14-11-19(32)29-26(31)37/h2-9,11-12,14,18,20-22,25,33-34H,10,13,15H2,1H3,(H,28,35)(H,29,32,37)/t18-,20+,21-,22+,25-/m1/s1. The molecule has 38 heavy (non-hydrogen) atoms. The number of aromatic nitrogens is 3. The van der Waals surface area contributed by atoms with E-state index in [0.717, 1.165) is 28.1 Å². The first-order valence-corrected chi connectivity index (χ1v) is 12.1. The molecule has 1 aliphatic rings. The van der Waals surface area contributed by atoms with E-state index in [1.807, 2.05) is 47.4 Å². The summed E-state index contributed by atoms with van der Waals surface area (Å²) in [5, 5.41) is 23.7. The molecular weight excluding hydrogens is 494 g/mol. The van der Waals surface area contributed by atoms with E-state index in [1.54, 1.807) is 19.3 Å². The number of hydrogen-bond acceptors (Lipinski definition) is 8. The predicted octanol–water partition coefficient (Wildman–Crippen LogP) is -1.02. The highest BCUT2D eigenvalue weighted by Gasteiger charge is 2.48. The zero-order chi connectivity index (χ0) is 27.2. The molecule has 5 atom stereocenters. The largest absolute Gasteiger partial charge is 0.387 e. The second-order valence-corrected chi connectivity index (χ2v) is 9.03. The average Bonchev–Trinajstić information content (AvgIpc) is 3.21. The van der Waals surface area contributed by atoms with Crippen LogP contribution in [-0.2, 0) is 27.2 Å². The molecule has 1 fully saturated rings. The van der Waals surface area contributed by atoms with E-state index in [0.29, 0.717) is 13.0 Å². The smallest absolute Gasteiger partial charge is 0.330 e. The topological polar surface area (TPSA) is 167 Å². The van der Waals surface area contributed by atoms with E-state index in [1.165, 1.54) is 4.90 Å². The molecule has 1 aromatic carbocycles. The summed E-state index contributed by atoms with van der Waals surface area (Å²) < 4.78 is 6.42. The summed E-state index contributed by atoms with van der Waals surface area (Å²) in [4.78, 5) is 57.9. The van der Waals surface area contributed by atoms with Gasteiger partial charge in [-0.1, -0.05) is 36.4 Å². The monoisotopic (exact) mass is 523 g/mol. The quantitative estimate of drug-likeness (QED) is 0.277. The van der Waals surface area contributed by atoms with Crippen LogP contribution in [0.2, 0.25) is 0 Å². The van der Waals surface area contributed by atoms with Gasteiger partial charge in [0, 0.05) is 50.6 Å². The third kappa shape index (κ3) is 6.22. The normalized spacial score (nSPS) is 21.6. The van der Waals surface area contributed by atoms with E-state index in [-0.39, 0.29) is 12.3 Å². The Morgan fingerprint density at radius 1 is 1.11 bits per heavy atom. The molecule has 12 heteroatoms. The van der Waals surface area contributed by atoms with Crippen molar-refractivity contribution in [3.8, 4) is 0 Å². The van der Waals surface area contributed by atoms with Crippen LogP contribution in [0.4, 0.5) is 0 Å². The van der Waals surface area contributed by atoms with Crippen LogP contribution < -0.4 is 16.6 Å². The second-order valence-electron chi connectivity index (χ2n) is 9.03. The van der Waals surface area contributed by atoms with Crippen LogP contribution in [0.3, 0.4) is 0 Å². The predicted molar refractivity (Wildman–Crippen MR) is 135 cm³/mol. The number of H-pyrrole nitrogens is 1. The number of amides is 2. The highest BCUT2D eigenvalue weighted by atomic mass is 16.6. The molecule has 2 amide bonds. The number of aliphatic hydroxyl groups is 2. The van der Waals surface area contributed by atoms with E-state index in [9.17, 15) is 29.4 Å². The average molecular weight is 524 g/mol. The molecule has 200 valence electrons. The fourth-order valence-electron chi connectivity index (χ4n) is 4.24. The molecular formula is C26H29N5O7. The maximum atomic E-state index is 13.4. The van der Waals surface area contributed by atoms with Crippen molar-refractivity contribution in [2.75, 3.05) is 13.6 Å². The van der Waals surface area contributed by atoms with Crippen molar-refractivity contribution in [1.82, 2.24) is 24.8 Å². The van der Waals surface area contributed by atoms with E-state index < -0.39 is 47.7 Å². The SMILES string of the molecule is CN(CCc1ccccn1)C(=O)[C@@H](Cc1ccccc1)NC(=O)[C@H]1O[C@@H](n2ccc(=O)[nH]c2=O)[C@H](O)[C@@H]1O. The third-order valence-electron chi connectivity index (χ3n) is 6.32. The number of carbonyl (C=O) groups excluding carboxylic acids is 2. The van der Waals surface area contributed by atoms with Crippen molar-refractivity contribution in [3.63, 3.8) is 0 Å². The lowest BCUT2D eigenvalue weighted by Crippen LogP contribution is -2.53. The second kappa shape index (κ2) is 11.9. The zero-order valence-electron chi connectivity index (χ0n) is 20.6. The minimum Gasteiger partial charge on any atom is -0.387 e. The first-order valence-electron chi connectivity index (χ1n) is 12.1. The Kier molecular flexibility index (Phi) is 8.46. The van der Waals surface area contributed by atoms with Gasteiger partial charge < -0.3 is 25.2 Å². The van der Waals surface area contributed by atoms with Gasteiger partial charge >= 0.3 is 5.69 Å². The van der Waals surface area contributed by atoms with Crippen molar-refractivity contribution >= 4 is 11.8 Å². The maximum Gasteiger partial charge on any atom is 0.330 e. The molecule has 0 bridgehead atoms. The van der Waals surface area contributed by atoms with Crippen molar-refractivity contribution in [2.45, 2.75) is 43.4 Å². The maximum absolute atomic E-state index is 13.4. The molecule has 0 radical (unpaired) electrons. The van der Waals surface area contributed by atoms with Gasteiger partial charge in [-0.3, -0.25) is 28.9 Å². The lowest BCUT2D eigenvalue weighted by molar-refractivity contribution is -0.143. The Morgan fingerprint density at radius 2 is 1.84 bits per heavy atom. The number of ether oxygens (including phenoxy) is 1. The van der Waals surface area contributed by atoms with Crippen LogP contribution in [0.5, 0.6) is 0 Å². The number of carbonyl (C=O) groups is 2. The van der Waals surface area contributed by atoms with Crippen molar-refractivity contribution in [1.29, 1.82) is 0 Å². The van der Waals surface area contributed by atoms with E-state index in [4.69, 9.17) is 4.74 Å². The summed E-state index contributed by atoms with van der Waals surface area (Å²) in [6.45, 7) is 0.357. The molecule has 4 rings (SSSR count). The number of hydrogen-bond donors (Lipinski definition) is 4. The van der Waals surface area contributed by atoms with Gasteiger partial charge in [-0.25, -0.2) is 4.79 Å². The van der Waals surface area contributed by atoms with Gasteiger partial charge in [0.15, 0.2) is 12.3 Å². The highest BCUT2D eigenvalue weighted by Crippen LogP contribution is 2.28. The number of rotatable bonds is 9. The minimum absolute atomic E-state index is 0.174. The Bertz CT molecular complexity index is 1360. The first-order chi connectivity index (χ1) is 18.2. The lowest BCUT2D eigenvalue weighted by Gasteiger charge is -2.26. The number of pyridine rings is 1. The highest BCUT2D eigenvalue weighted by molar-refractivity contribution is 5.90. The van der Waals surface area contributed by atoms with Gasteiger partial charge in [-0.15, -0.1) is 0 Å². The molecule has 1 saturated heterocycles. The summed E-state index contributed by atoms with van der Waals surface area (Å²) in [6.07, 6.45) is -2.86. The summed E-state index contributed by atoms with van der Waals surface area (Å²) in [5.74, 6) is -1.19. The first kappa shape index (κ1) is 26.9. The number of benzene rings is 1. The number of nitrogens with one attached hydrogen (secondary N) is 2. The Balaban J connectivity index is 1.49. The van der Waals surface area contributed by atoms with Gasteiger partial charge in [0.1, 0.15) is 18.2 Å². The van der Waals surface area contributed by atoms with Crippen molar-refractivity contribution in [3.05, 3.63) is 99.1 Å². The molecule has 0 aliphatic carbocycles. The number of nitrogens with zero attached hydrogens (tertiary/aromatic N) is 3. The summed E-state index contributed by atoms with van der Waals surface area (Å²) in [7, 11) is 1.62. The van der Waals surface area contributed by atoms with Crippen LogP contribution in [-0.4, -0.2) is 79.4 Å². The molecule has 12 nitrogen and oxygen atoms in total. The van der Waals surface area contributed by atoms with Crippen molar-refractivity contribution in [2.24, 2.45) is 0 Å². The molecule has 0 spiro atoms. The summed E-state index contributed by atoms with van der Waals surface area (Å²) in [6, 6.07) is 14.7. The molecule has 4 N–H and O–H groups in total. The number of aromatic amines is 1. The molecule has 0 saturated carbocycles. The number of likely N-dealkylation sites (N-methyl/N-ethyl adjacent to an activating group) is 1. The van der Waals surface area contributed by atoms with Gasteiger partial charge in [0.05, 0.1) is 0 Å². The lowest BCUT2D eigenvalue weighted by atomic mass is 10.0. The van der Waals surface area contributed by atoms with Crippen LogP contribution >= 0.6 is 0 Å². The Hall–Kier alpha value is -4.13. The van der Waals surface area contributed by atoms with Crippen LogP contribution in [0, 0.1) is 0 Å². The van der Waals surface area contributed by atoms with Gasteiger partial charge in [0.25, 0.3) is 11.5 Å². The van der Waals surface area contributed by atoms with E-state index in [2.05, 4.69) is 10.3 Å².